The zero-order valence-electron chi connectivity index (χ0n) is 10.4. The summed E-state index contributed by atoms with van der Waals surface area (Å²) >= 11 is 5.34. The average Bonchev–Trinajstić information content (AvgIpc) is 2.73. The summed E-state index contributed by atoms with van der Waals surface area (Å²) < 4.78 is 1.24. The Hall–Kier alpha value is 0.1000. The van der Waals surface area contributed by atoms with Gasteiger partial charge in [0, 0.05) is 24.0 Å². The van der Waals surface area contributed by atoms with Crippen molar-refractivity contribution in [2.24, 2.45) is 0 Å². The predicted octanol–water partition coefficient (Wildman–Crippen LogP) is 3.13. The number of nitrogens with zero attached hydrogens (tertiary/aromatic N) is 1. The van der Waals surface area contributed by atoms with E-state index in [1.807, 2.05) is 11.3 Å². The normalized spacial score (nSPS) is 21.9. The Labute approximate surface area is 117 Å². The second kappa shape index (κ2) is 6.88. The fourth-order valence-electron chi connectivity index (χ4n) is 2.37. The van der Waals surface area contributed by atoms with Gasteiger partial charge in [-0.05, 0) is 60.9 Å². The van der Waals surface area contributed by atoms with Crippen molar-refractivity contribution in [1.82, 2.24) is 10.2 Å². The van der Waals surface area contributed by atoms with Gasteiger partial charge >= 0.3 is 0 Å². The van der Waals surface area contributed by atoms with Gasteiger partial charge in [-0.2, -0.15) is 0 Å². The molecule has 1 fully saturated rings. The third kappa shape index (κ3) is 4.36. The van der Waals surface area contributed by atoms with Crippen LogP contribution in [0.3, 0.4) is 0 Å². The fraction of sp³-hybridized carbons (Fsp3) is 0.692. The number of nitrogens with one attached hydrogen (secondary N) is 1. The average molecular weight is 317 g/mol. The van der Waals surface area contributed by atoms with Gasteiger partial charge in [0.15, 0.2) is 0 Å². The van der Waals surface area contributed by atoms with Gasteiger partial charge in [-0.25, -0.2) is 0 Å². The molecule has 1 saturated heterocycles. The first-order valence-corrected chi connectivity index (χ1v) is 8.02. The standard InChI is InChI=1S/C13H21BrN2S/c1-16-9-3-2-4-11(16)10-15-8-7-12-5-6-13(14)17-12/h5-6,11,15H,2-4,7-10H2,1H3. The highest BCUT2D eigenvalue weighted by Crippen LogP contribution is 2.22. The SMILES string of the molecule is CN1CCCCC1CNCCc1ccc(Br)s1. The Bertz CT molecular complexity index is 340. The van der Waals surface area contributed by atoms with E-state index < -0.39 is 0 Å². The topological polar surface area (TPSA) is 15.3 Å². The predicted molar refractivity (Wildman–Crippen MR) is 78.9 cm³/mol. The molecule has 2 heterocycles. The molecular formula is C13H21BrN2S. The first-order chi connectivity index (χ1) is 8.25. The van der Waals surface area contributed by atoms with E-state index >= 15 is 0 Å². The van der Waals surface area contributed by atoms with Gasteiger partial charge in [0.25, 0.3) is 0 Å². The molecule has 1 aliphatic heterocycles. The second-order valence-corrected chi connectivity index (χ2v) is 7.34. The quantitative estimate of drug-likeness (QED) is 0.840. The highest BCUT2D eigenvalue weighted by atomic mass is 79.9. The van der Waals surface area contributed by atoms with E-state index in [0.29, 0.717) is 0 Å². The molecule has 0 radical (unpaired) electrons. The van der Waals surface area contributed by atoms with Crippen LogP contribution in [-0.2, 0) is 6.42 Å². The Morgan fingerprint density at radius 1 is 1.47 bits per heavy atom. The third-order valence-electron chi connectivity index (χ3n) is 3.48. The molecule has 0 spiro atoms. The van der Waals surface area contributed by atoms with Crippen LogP contribution in [0.15, 0.2) is 15.9 Å². The number of likely N-dealkylation sites (N-methyl/N-ethyl adjacent to an activating group) is 1. The molecule has 0 aliphatic carbocycles. The van der Waals surface area contributed by atoms with Gasteiger partial charge in [0.2, 0.25) is 0 Å². The maximum Gasteiger partial charge on any atom is 0.0701 e. The van der Waals surface area contributed by atoms with Gasteiger partial charge < -0.3 is 10.2 Å². The summed E-state index contributed by atoms with van der Waals surface area (Å²) in [6, 6.07) is 5.09. The van der Waals surface area contributed by atoms with Gasteiger partial charge in [0.1, 0.15) is 0 Å². The molecule has 2 nitrogen and oxygen atoms in total. The van der Waals surface area contributed by atoms with Gasteiger partial charge in [-0.15, -0.1) is 11.3 Å². The van der Waals surface area contributed by atoms with Crippen LogP contribution < -0.4 is 5.32 Å². The Morgan fingerprint density at radius 3 is 3.06 bits per heavy atom. The smallest absolute Gasteiger partial charge is 0.0701 e. The van der Waals surface area contributed by atoms with Crippen molar-refractivity contribution in [1.29, 1.82) is 0 Å². The van der Waals surface area contributed by atoms with Crippen LogP contribution in [0, 0.1) is 0 Å². The molecule has 1 aromatic heterocycles. The zero-order chi connectivity index (χ0) is 12.1. The van der Waals surface area contributed by atoms with Crippen molar-refractivity contribution >= 4 is 27.3 Å². The monoisotopic (exact) mass is 316 g/mol. The molecule has 1 aromatic rings. The molecule has 1 N–H and O–H groups in total. The number of hydrogen-bond acceptors (Lipinski definition) is 3. The molecule has 4 heteroatoms. The summed E-state index contributed by atoms with van der Waals surface area (Å²) in [6.07, 6.45) is 5.27. The van der Waals surface area contributed by atoms with Crippen LogP contribution in [-0.4, -0.2) is 37.6 Å². The summed E-state index contributed by atoms with van der Waals surface area (Å²) in [5.74, 6) is 0. The maximum atomic E-state index is 3.59. The number of piperidine rings is 1. The highest BCUT2D eigenvalue weighted by molar-refractivity contribution is 9.11. The minimum atomic E-state index is 0.749. The first-order valence-electron chi connectivity index (χ1n) is 6.41. The van der Waals surface area contributed by atoms with Crippen molar-refractivity contribution in [3.63, 3.8) is 0 Å². The third-order valence-corrected chi connectivity index (χ3v) is 5.16. The molecule has 96 valence electrons. The zero-order valence-corrected chi connectivity index (χ0v) is 12.8. The second-order valence-electron chi connectivity index (χ2n) is 4.79. The number of halogens is 1. The van der Waals surface area contributed by atoms with E-state index in [-0.39, 0.29) is 0 Å². The number of hydrogen-bond donors (Lipinski definition) is 1. The molecular weight excluding hydrogens is 296 g/mol. The summed E-state index contributed by atoms with van der Waals surface area (Å²) in [7, 11) is 2.25. The van der Waals surface area contributed by atoms with E-state index in [4.69, 9.17) is 0 Å². The molecule has 0 amide bonds. The molecule has 0 aromatic carbocycles. The fourth-order valence-corrected chi connectivity index (χ4v) is 3.85. The molecule has 1 unspecified atom stereocenters. The summed E-state index contributed by atoms with van der Waals surface area (Å²) in [6.45, 7) is 3.50. The van der Waals surface area contributed by atoms with Crippen LogP contribution in [0.2, 0.25) is 0 Å². The molecule has 1 aliphatic rings. The number of likely N-dealkylation sites (tertiary alicyclic amines) is 1. The van der Waals surface area contributed by atoms with Crippen LogP contribution in [0.25, 0.3) is 0 Å². The summed E-state index contributed by atoms with van der Waals surface area (Å²) in [4.78, 5) is 3.96. The van der Waals surface area contributed by atoms with Crippen molar-refractivity contribution in [3.05, 3.63) is 20.8 Å². The van der Waals surface area contributed by atoms with Crippen LogP contribution in [0.4, 0.5) is 0 Å². The first kappa shape index (κ1) is 13.5. The van der Waals surface area contributed by atoms with Crippen molar-refractivity contribution < 1.29 is 0 Å². The molecule has 0 saturated carbocycles. The van der Waals surface area contributed by atoms with E-state index in [0.717, 1.165) is 25.6 Å². The van der Waals surface area contributed by atoms with Crippen LogP contribution in [0.5, 0.6) is 0 Å². The van der Waals surface area contributed by atoms with E-state index in [1.54, 1.807) is 0 Å². The maximum absolute atomic E-state index is 3.59. The number of thiophene rings is 1. The Kier molecular flexibility index (Phi) is 5.48. The Balaban J connectivity index is 1.62. The molecule has 0 bridgehead atoms. The van der Waals surface area contributed by atoms with Crippen molar-refractivity contribution in [3.8, 4) is 0 Å². The lowest BCUT2D eigenvalue weighted by Crippen LogP contribution is -2.43. The van der Waals surface area contributed by atoms with E-state index in [2.05, 4.69) is 45.3 Å². The molecule has 2 rings (SSSR count). The minimum absolute atomic E-state index is 0.749. The highest BCUT2D eigenvalue weighted by Gasteiger charge is 2.17. The largest absolute Gasteiger partial charge is 0.315 e. The minimum Gasteiger partial charge on any atom is -0.315 e. The summed E-state index contributed by atoms with van der Waals surface area (Å²) in [5, 5.41) is 3.59. The van der Waals surface area contributed by atoms with Crippen LogP contribution in [0.1, 0.15) is 24.1 Å². The van der Waals surface area contributed by atoms with E-state index in [9.17, 15) is 0 Å². The van der Waals surface area contributed by atoms with E-state index in [1.165, 1.54) is 34.5 Å². The van der Waals surface area contributed by atoms with Gasteiger partial charge in [-0.3, -0.25) is 0 Å². The van der Waals surface area contributed by atoms with Gasteiger partial charge in [0.05, 0.1) is 3.79 Å². The lowest BCUT2D eigenvalue weighted by atomic mass is 10.0. The lowest BCUT2D eigenvalue weighted by Gasteiger charge is -2.32. The molecule has 1 atom stereocenters. The summed E-state index contributed by atoms with van der Waals surface area (Å²) in [5.41, 5.74) is 0. The Morgan fingerprint density at radius 2 is 2.35 bits per heavy atom. The van der Waals surface area contributed by atoms with Gasteiger partial charge in [-0.1, -0.05) is 6.42 Å². The number of rotatable bonds is 5. The molecule has 17 heavy (non-hydrogen) atoms. The van der Waals surface area contributed by atoms with Crippen LogP contribution >= 0.6 is 27.3 Å². The lowest BCUT2D eigenvalue weighted by molar-refractivity contribution is 0.182. The van der Waals surface area contributed by atoms with Crippen molar-refractivity contribution in [2.75, 3.05) is 26.7 Å². The van der Waals surface area contributed by atoms with Crippen molar-refractivity contribution in [2.45, 2.75) is 31.7 Å².